The normalized spacial score (nSPS) is 13.9. The number of nitrogens with two attached hydrogens (primary N) is 2. The number of rotatable bonds is 4. The van der Waals surface area contributed by atoms with Crippen LogP contribution in [-0.2, 0) is 0 Å². The fraction of sp³-hybridized carbons (Fsp3) is 0.353. The van der Waals surface area contributed by atoms with Gasteiger partial charge in [-0.3, -0.25) is 14.6 Å². The summed E-state index contributed by atoms with van der Waals surface area (Å²) in [4.78, 5) is 17.8. The molecule has 0 spiro atoms. The second kappa shape index (κ2) is 6.21. The van der Waals surface area contributed by atoms with E-state index < -0.39 is 5.91 Å². The fourth-order valence-electron chi connectivity index (χ4n) is 3.06. The number of anilines is 3. The molecular weight excluding hydrogens is 366 g/mol. The molecule has 0 saturated heterocycles. The molecule has 4 rings (SSSR count). The van der Waals surface area contributed by atoms with E-state index >= 15 is 0 Å². The van der Waals surface area contributed by atoms with Gasteiger partial charge in [0.2, 0.25) is 5.27 Å². The number of thiophene rings is 1. The van der Waals surface area contributed by atoms with Crippen LogP contribution in [0.15, 0.2) is 10.7 Å². The van der Waals surface area contributed by atoms with Crippen molar-refractivity contribution in [1.82, 2.24) is 10.3 Å². The lowest BCUT2D eigenvalue weighted by molar-refractivity contribution is -0.765. The number of pyridine rings is 1. The molecule has 5 N–H and O–H groups in total. The zero-order valence-corrected chi connectivity index (χ0v) is 15.6. The molecule has 9 nitrogen and oxygen atoms in total. The van der Waals surface area contributed by atoms with E-state index in [2.05, 4.69) is 21.6 Å². The predicted octanol–water partition coefficient (Wildman–Crippen LogP) is 2.32. The Balaban J connectivity index is 1.75. The maximum absolute atomic E-state index is 12.7. The standard InChI is InChI=1S/C17H17N7O2S/c1-7(2)11-9(5-18)15(20)22-17-12(11)13(19)14(27-17)16(25)21-10-6-24(23-26-10)8-3-4-8/h6-8H,3-4H2,1-2H3,(H4-,19,20,21,22,23,25)/p+1. The van der Waals surface area contributed by atoms with E-state index in [1.165, 1.54) is 0 Å². The Kier molecular flexibility index (Phi) is 3.96. The van der Waals surface area contributed by atoms with Gasteiger partial charge >= 0.3 is 5.88 Å². The number of aromatic nitrogens is 3. The van der Waals surface area contributed by atoms with Gasteiger partial charge in [0, 0.05) is 18.2 Å². The monoisotopic (exact) mass is 384 g/mol. The summed E-state index contributed by atoms with van der Waals surface area (Å²) in [5.41, 5.74) is 13.5. The number of hydrogen-bond acceptors (Lipinski definition) is 8. The van der Waals surface area contributed by atoms with Gasteiger partial charge in [0.05, 0.1) is 11.3 Å². The summed E-state index contributed by atoms with van der Waals surface area (Å²) in [5, 5.41) is 16.6. The van der Waals surface area contributed by atoms with Gasteiger partial charge in [0.1, 0.15) is 21.6 Å². The second-order valence-electron chi connectivity index (χ2n) is 6.81. The molecule has 3 aromatic heterocycles. The Labute approximate surface area is 158 Å². The molecule has 1 amide bonds. The Bertz CT molecular complexity index is 1100. The number of nitriles is 1. The molecule has 27 heavy (non-hydrogen) atoms. The van der Waals surface area contributed by atoms with E-state index in [-0.39, 0.29) is 23.3 Å². The number of nitrogen functional groups attached to an aromatic ring is 2. The molecule has 1 aliphatic rings. The molecule has 0 aliphatic heterocycles. The summed E-state index contributed by atoms with van der Waals surface area (Å²) in [6.07, 6.45) is 3.77. The molecule has 3 aromatic rings. The molecule has 0 radical (unpaired) electrons. The Morgan fingerprint density at radius 3 is 2.85 bits per heavy atom. The van der Waals surface area contributed by atoms with Crippen molar-refractivity contribution in [3.63, 3.8) is 0 Å². The molecule has 3 heterocycles. The zero-order chi connectivity index (χ0) is 19.3. The van der Waals surface area contributed by atoms with Gasteiger partial charge in [-0.05, 0) is 16.2 Å². The molecule has 0 bridgehead atoms. The van der Waals surface area contributed by atoms with Crippen molar-refractivity contribution < 1.29 is 14.0 Å². The van der Waals surface area contributed by atoms with E-state index in [9.17, 15) is 10.1 Å². The summed E-state index contributed by atoms with van der Waals surface area (Å²) in [6.45, 7) is 3.88. The van der Waals surface area contributed by atoms with Gasteiger partial charge in [0.25, 0.3) is 12.1 Å². The Hall–Kier alpha value is -3.19. The highest BCUT2D eigenvalue weighted by molar-refractivity contribution is 7.21. The van der Waals surface area contributed by atoms with E-state index in [0.29, 0.717) is 32.3 Å². The summed E-state index contributed by atoms with van der Waals surface area (Å²) in [6, 6.07) is 2.44. The molecule has 0 atom stereocenters. The SMILES string of the molecule is CC(C)c1c(C#N)c(N)nc2sc(C(=O)Nc3c[n+](C4CC4)no3)c(N)c12. The molecule has 0 unspecified atom stereocenters. The van der Waals surface area contributed by atoms with Gasteiger partial charge in [-0.1, -0.05) is 13.8 Å². The van der Waals surface area contributed by atoms with Crippen molar-refractivity contribution in [3.05, 3.63) is 22.2 Å². The van der Waals surface area contributed by atoms with Crippen LogP contribution in [-0.4, -0.2) is 16.2 Å². The average Bonchev–Trinajstić information content (AvgIpc) is 3.29. The van der Waals surface area contributed by atoms with E-state index in [0.717, 1.165) is 24.2 Å². The first-order valence-electron chi connectivity index (χ1n) is 8.51. The van der Waals surface area contributed by atoms with Crippen molar-refractivity contribution >= 4 is 44.9 Å². The van der Waals surface area contributed by atoms with Crippen LogP contribution in [0.5, 0.6) is 0 Å². The summed E-state index contributed by atoms with van der Waals surface area (Å²) < 4.78 is 6.85. The lowest BCUT2D eigenvalue weighted by atomic mass is 9.95. The van der Waals surface area contributed by atoms with E-state index in [4.69, 9.17) is 16.0 Å². The minimum absolute atomic E-state index is 0.00738. The van der Waals surface area contributed by atoms with Crippen LogP contribution in [0.1, 0.15) is 59.4 Å². The molecule has 1 fully saturated rings. The fourth-order valence-corrected chi connectivity index (χ4v) is 4.07. The number of carbonyl (C=O) groups excluding carboxylic acids is 1. The minimum atomic E-state index is -0.415. The maximum Gasteiger partial charge on any atom is 0.302 e. The topological polar surface area (TPSA) is 148 Å². The number of carbonyl (C=O) groups is 1. The summed E-state index contributed by atoms with van der Waals surface area (Å²) in [7, 11) is 0. The highest BCUT2D eigenvalue weighted by Crippen LogP contribution is 2.40. The van der Waals surface area contributed by atoms with Crippen LogP contribution in [0.3, 0.4) is 0 Å². The first kappa shape index (κ1) is 17.2. The highest BCUT2D eigenvalue weighted by atomic mass is 32.1. The number of hydrogen-bond donors (Lipinski definition) is 3. The number of nitrogens with zero attached hydrogens (tertiary/aromatic N) is 4. The quantitative estimate of drug-likeness (QED) is 0.585. The lowest BCUT2D eigenvalue weighted by Crippen LogP contribution is -2.32. The van der Waals surface area contributed by atoms with E-state index in [1.54, 1.807) is 10.9 Å². The molecule has 138 valence electrons. The average molecular weight is 384 g/mol. The lowest BCUT2D eigenvalue weighted by Gasteiger charge is -2.12. The summed E-state index contributed by atoms with van der Waals surface area (Å²) in [5.74, 6) is -0.0333. The van der Waals surface area contributed by atoms with Crippen molar-refractivity contribution in [2.75, 3.05) is 16.8 Å². The Morgan fingerprint density at radius 1 is 1.48 bits per heavy atom. The minimum Gasteiger partial charge on any atom is -0.397 e. The zero-order valence-electron chi connectivity index (χ0n) is 14.8. The van der Waals surface area contributed by atoms with Crippen LogP contribution in [0.2, 0.25) is 0 Å². The van der Waals surface area contributed by atoms with Crippen molar-refractivity contribution in [2.45, 2.75) is 38.6 Å². The molecule has 1 aliphatic carbocycles. The van der Waals surface area contributed by atoms with Gasteiger partial charge < -0.3 is 11.5 Å². The smallest absolute Gasteiger partial charge is 0.302 e. The first-order chi connectivity index (χ1) is 12.9. The van der Waals surface area contributed by atoms with Crippen LogP contribution in [0.4, 0.5) is 17.4 Å². The maximum atomic E-state index is 12.7. The Morgan fingerprint density at radius 2 is 2.22 bits per heavy atom. The predicted molar refractivity (Wildman–Crippen MR) is 100 cm³/mol. The van der Waals surface area contributed by atoms with Crippen LogP contribution < -0.4 is 21.5 Å². The van der Waals surface area contributed by atoms with Gasteiger partial charge in [-0.15, -0.1) is 11.3 Å². The number of fused-ring (bicyclic) bond motifs is 1. The number of nitrogens with one attached hydrogen (secondary N) is 1. The van der Waals surface area contributed by atoms with E-state index in [1.807, 2.05) is 13.8 Å². The first-order valence-corrected chi connectivity index (χ1v) is 9.33. The van der Waals surface area contributed by atoms with Crippen LogP contribution >= 0.6 is 11.3 Å². The molecule has 1 saturated carbocycles. The van der Waals surface area contributed by atoms with Crippen LogP contribution in [0, 0.1) is 11.3 Å². The number of amides is 1. The molecule has 0 aromatic carbocycles. The van der Waals surface area contributed by atoms with Gasteiger partial charge in [0.15, 0.2) is 6.04 Å². The summed E-state index contributed by atoms with van der Waals surface area (Å²) >= 11 is 1.14. The van der Waals surface area contributed by atoms with Crippen LogP contribution in [0.25, 0.3) is 10.2 Å². The third kappa shape index (κ3) is 2.86. The van der Waals surface area contributed by atoms with Crippen molar-refractivity contribution in [3.8, 4) is 6.07 Å². The van der Waals surface area contributed by atoms with Crippen molar-refractivity contribution in [1.29, 1.82) is 5.26 Å². The van der Waals surface area contributed by atoms with Gasteiger partial charge in [-0.25, -0.2) is 4.98 Å². The highest BCUT2D eigenvalue weighted by Gasteiger charge is 2.36. The largest absolute Gasteiger partial charge is 0.397 e. The molecular formula is C17H18N7O2S+. The van der Waals surface area contributed by atoms with Crippen molar-refractivity contribution in [2.24, 2.45) is 0 Å². The van der Waals surface area contributed by atoms with Gasteiger partial charge in [-0.2, -0.15) is 5.26 Å². The third-order valence-electron chi connectivity index (χ3n) is 4.48. The molecule has 10 heteroatoms. The second-order valence-corrected chi connectivity index (χ2v) is 7.81. The third-order valence-corrected chi connectivity index (χ3v) is 5.58.